The molecule has 5 nitrogen and oxygen atoms in total. The Morgan fingerprint density at radius 1 is 1.07 bits per heavy atom. The van der Waals surface area contributed by atoms with Gasteiger partial charge < -0.3 is 9.88 Å². The van der Waals surface area contributed by atoms with Crippen LogP contribution in [0.4, 0.5) is 18.9 Å². The molecule has 4 rings (SSSR count). The minimum atomic E-state index is -4.40. The van der Waals surface area contributed by atoms with Crippen molar-refractivity contribution >= 4 is 11.6 Å². The lowest BCUT2D eigenvalue weighted by Gasteiger charge is -2.42. The van der Waals surface area contributed by atoms with Gasteiger partial charge >= 0.3 is 6.18 Å². The molecule has 2 aliphatic heterocycles. The molecule has 28 heavy (non-hydrogen) atoms. The zero-order valence-electron chi connectivity index (χ0n) is 15.1. The molecular weight excluding hydrogens is 371 g/mol. The smallest absolute Gasteiger partial charge is 0.325 e. The maximum absolute atomic E-state index is 12.6. The summed E-state index contributed by atoms with van der Waals surface area (Å²) in [6, 6.07) is 9.73. The van der Waals surface area contributed by atoms with Crippen LogP contribution in [0.3, 0.4) is 0 Å². The molecule has 2 atom stereocenters. The predicted octanol–water partition coefficient (Wildman–Crippen LogP) is 2.92. The first-order valence-electron chi connectivity index (χ1n) is 9.19. The molecule has 0 aliphatic carbocycles. The minimum Gasteiger partial charge on any atom is -0.325 e. The van der Waals surface area contributed by atoms with Crippen molar-refractivity contribution in [2.45, 2.75) is 25.1 Å². The van der Waals surface area contributed by atoms with E-state index < -0.39 is 11.7 Å². The zero-order valence-corrected chi connectivity index (χ0v) is 15.1. The number of hydrogen-bond donors (Lipinski definition) is 1. The number of hydrogen-bond acceptors (Lipinski definition) is 3. The molecule has 8 heteroatoms. The number of aromatic nitrogens is 1. The van der Waals surface area contributed by atoms with Crippen LogP contribution in [0.25, 0.3) is 0 Å². The molecule has 3 heterocycles. The van der Waals surface area contributed by atoms with Crippen molar-refractivity contribution in [2.24, 2.45) is 5.92 Å². The predicted molar refractivity (Wildman–Crippen MR) is 98.1 cm³/mol. The Morgan fingerprint density at radius 3 is 2.54 bits per heavy atom. The van der Waals surface area contributed by atoms with Crippen LogP contribution in [-0.2, 0) is 17.5 Å². The van der Waals surface area contributed by atoms with Crippen molar-refractivity contribution in [3.63, 3.8) is 0 Å². The van der Waals surface area contributed by atoms with E-state index in [4.69, 9.17) is 0 Å². The second kappa shape index (κ2) is 7.09. The maximum Gasteiger partial charge on any atom is 0.416 e. The number of fused-ring (bicyclic) bond motifs is 4. The minimum absolute atomic E-state index is 0.0145. The third-order valence-electron chi connectivity index (χ3n) is 5.42. The fourth-order valence-electron chi connectivity index (χ4n) is 4.27. The van der Waals surface area contributed by atoms with Gasteiger partial charge in [-0.05, 0) is 42.7 Å². The highest BCUT2D eigenvalue weighted by Crippen LogP contribution is 2.35. The van der Waals surface area contributed by atoms with Crippen molar-refractivity contribution in [1.29, 1.82) is 0 Å². The highest BCUT2D eigenvalue weighted by Gasteiger charge is 2.35. The van der Waals surface area contributed by atoms with Crippen molar-refractivity contribution in [3.05, 3.63) is 64.1 Å². The van der Waals surface area contributed by atoms with Crippen LogP contribution in [-0.4, -0.2) is 35.0 Å². The second-order valence-corrected chi connectivity index (χ2v) is 7.52. The third-order valence-corrected chi connectivity index (χ3v) is 5.42. The molecule has 148 valence electrons. The lowest BCUT2D eigenvalue weighted by molar-refractivity contribution is -0.137. The van der Waals surface area contributed by atoms with Gasteiger partial charge in [0.05, 0.1) is 12.1 Å². The monoisotopic (exact) mass is 391 g/mol. The lowest BCUT2D eigenvalue weighted by Crippen LogP contribution is -2.49. The molecular formula is C20H20F3N3O2. The summed E-state index contributed by atoms with van der Waals surface area (Å²) in [5, 5.41) is 2.66. The molecule has 2 aliphatic rings. The summed E-state index contributed by atoms with van der Waals surface area (Å²) < 4.78 is 39.7. The number of rotatable bonds is 3. The van der Waals surface area contributed by atoms with Gasteiger partial charge in [0.1, 0.15) is 0 Å². The molecule has 2 aromatic rings. The van der Waals surface area contributed by atoms with Crippen LogP contribution in [0.15, 0.2) is 47.3 Å². The molecule has 1 fully saturated rings. The first-order chi connectivity index (χ1) is 13.3. The summed E-state index contributed by atoms with van der Waals surface area (Å²) in [5.74, 6) is 0.260. The molecule has 1 aromatic carbocycles. The Bertz CT molecular complexity index is 937. The van der Waals surface area contributed by atoms with Gasteiger partial charge in [0.2, 0.25) is 5.91 Å². The Kier molecular flexibility index (Phi) is 4.74. The van der Waals surface area contributed by atoms with E-state index in [2.05, 4.69) is 10.2 Å². The second-order valence-electron chi connectivity index (χ2n) is 7.52. The molecule has 1 aromatic heterocycles. The fourth-order valence-corrected chi connectivity index (χ4v) is 4.27. The summed E-state index contributed by atoms with van der Waals surface area (Å²) in [6.45, 7) is 2.23. The molecule has 1 N–H and O–H groups in total. The molecule has 0 unspecified atom stereocenters. The van der Waals surface area contributed by atoms with E-state index in [0.29, 0.717) is 24.7 Å². The topological polar surface area (TPSA) is 54.3 Å². The van der Waals surface area contributed by atoms with Gasteiger partial charge in [0, 0.05) is 43.0 Å². The average Bonchev–Trinajstić information content (AvgIpc) is 2.62. The zero-order chi connectivity index (χ0) is 19.9. The van der Waals surface area contributed by atoms with Gasteiger partial charge in [-0.1, -0.05) is 6.07 Å². The van der Waals surface area contributed by atoms with Gasteiger partial charge in [-0.25, -0.2) is 0 Å². The third kappa shape index (κ3) is 3.82. The first-order valence-corrected chi connectivity index (χ1v) is 9.19. The molecule has 1 saturated heterocycles. The highest BCUT2D eigenvalue weighted by molar-refractivity contribution is 5.92. The summed E-state index contributed by atoms with van der Waals surface area (Å²) >= 11 is 0. The summed E-state index contributed by atoms with van der Waals surface area (Å²) in [5.41, 5.74) is 0.618. The van der Waals surface area contributed by atoms with Crippen LogP contribution in [0.1, 0.15) is 23.6 Å². The maximum atomic E-state index is 12.6. The van der Waals surface area contributed by atoms with E-state index >= 15 is 0 Å². The molecule has 0 saturated carbocycles. The number of amides is 1. The van der Waals surface area contributed by atoms with E-state index in [0.717, 1.165) is 30.8 Å². The van der Waals surface area contributed by atoms with E-state index in [1.54, 1.807) is 12.1 Å². The van der Waals surface area contributed by atoms with E-state index in [-0.39, 0.29) is 23.9 Å². The van der Waals surface area contributed by atoms with Crippen LogP contribution < -0.4 is 10.9 Å². The van der Waals surface area contributed by atoms with Gasteiger partial charge in [-0.15, -0.1) is 0 Å². The SMILES string of the molecule is O=C(CN1C[C@H]2C[C@@H](C1)c1cccc(=O)n1C2)Nc1ccc(C(F)(F)F)cc1. The standard InChI is InChI=1S/C20H20F3N3O2/c21-20(22,23)15-4-6-16(7-5-15)24-18(27)12-25-9-13-8-14(11-25)17-2-1-3-19(28)26(17)10-13/h1-7,13-14H,8-12H2,(H,24,27)/t13-,14+/m1/s1. The average molecular weight is 391 g/mol. The van der Waals surface area contributed by atoms with Crippen molar-refractivity contribution in [1.82, 2.24) is 9.47 Å². The van der Waals surface area contributed by atoms with E-state index in [9.17, 15) is 22.8 Å². The van der Waals surface area contributed by atoms with Gasteiger partial charge in [-0.3, -0.25) is 14.5 Å². The number of carbonyl (C=O) groups is 1. The Labute approximate surface area is 159 Å². The Morgan fingerprint density at radius 2 is 1.82 bits per heavy atom. The normalized spacial score (nSPS) is 21.8. The van der Waals surface area contributed by atoms with Crippen LogP contribution in [0, 0.1) is 5.92 Å². The van der Waals surface area contributed by atoms with Crippen molar-refractivity contribution in [3.8, 4) is 0 Å². The number of piperidine rings is 1. The van der Waals surface area contributed by atoms with Gasteiger partial charge in [0.15, 0.2) is 0 Å². The number of pyridine rings is 1. The van der Waals surface area contributed by atoms with Crippen LogP contribution in [0.5, 0.6) is 0 Å². The highest BCUT2D eigenvalue weighted by atomic mass is 19.4. The summed E-state index contributed by atoms with van der Waals surface area (Å²) in [4.78, 5) is 26.5. The first kappa shape index (κ1) is 18.7. The fraction of sp³-hybridized carbons (Fsp3) is 0.400. The van der Waals surface area contributed by atoms with E-state index in [1.807, 2.05) is 10.6 Å². The summed E-state index contributed by atoms with van der Waals surface area (Å²) in [6.07, 6.45) is -3.40. The van der Waals surface area contributed by atoms with Crippen LogP contribution in [0.2, 0.25) is 0 Å². The number of halogens is 3. The number of likely N-dealkylation sites (tertiary alicyclic amines) is 1. The Hall–Kier alpha value is -2.61. The van der Waals surface area contributed by atoms with Crippen molar-refractivity contribution < 1.29 is 18.0 Å². The largest absolute Gasteiger partial charge is 0.416 e. The Balaban J connectivity index is 1.39. The number of carbonyl (C=O) groups excluding carboxylic acids is 1. The molecule has 1 amide bonds. The van der Waals surface area contributed by atoms with Gasteiger partial charge in [-0.2, -0.15) is 13.2 Å². The summed E-state index contributed by atoms with van der Waals surface area (Å²) in [7, 11) is 0. The van der Waals surface area contributed by atoms with E-state index in [1.165, 1.54) is 12.1 Å². The van der Waals surface area contributed by atoms with Crippen molar-refractivity contribution in [2.75, 3.05) is 25.0 Å². The molecule has 0 spiro atoms. The molecule has 2 bridgehead atoms. The lowest BCUT2D eigenvalue weighted by atomic mass is 9.83. The number of alkyl halides is 3. The number of nitrogens with one attached hydrogen (secondary N) is 1. The number of benzene rings is 1. The molecule has 0 radical (unpaired) electrons. The van der Waals surface area contributed by atoms with Gasteiger partial charge in [0.25, 0.3) is 5.56 Å². The number of nitrogens with zero attached hydrogens (tertiary/aromatic N) is 2. The number of anilines is 1. The quantitative estimate of drug-likeness (QED) is 0.876. The van der Waals surface area contributed by atoms with Crippen LogP contribution >= 0.6 is 0 Å².